The molecule has 4 aliphatic rings. The molecule has 50 heavy (non-hydrogen) atoms. The van der Waals surface area contributed by atoms with Gasteiger partial charge in [0.25, 0.3) is 0 Å². The first kappa shape index (κ1) is 33.7. The van der Waals surface area contributed by atoms with Crippen molar-refractivity contribution in [3.63, 3.8) is 0 Å². The van der Waals surface area contributed by atoms with Gasteiger partial charge in [0.2, 0.25) is 17.7 Å². The molecule has 2 N–H and O–H groups in total. The predicted octanol–water partition coefficient (Wildman–Crippen LogP) is 3.69. The number of anilines is 1. The number of piperazine rings is 1. The average molecular weight is 676 g/mol. The van der Waals surface area contributed by atoms with E-state index >= 15 is 0 Å². The third-order valence-corrected chi connectivity index (χ3v) is 12.5. The first-order valence-electron chi connectivity index (χ1n) is 17.8. The monoisotopic (exact) mass is 675 g/mol. The number of likely N-dealkylation sites (tertiary alicyclic amines) is 1. The number of carbonyl (C=O) groups excluding carboxylic acids is 4. The van der Waals surface area contributed by atoms with Crippen molar-refractivity contribution in [2.75, 3.05) is 37.6 Å². The minimum Gasteiger partial charge on any atom is -0.391 e. The number of benzene rings is 3. The largest absolute Gasteiger partial charge is 0.391 e. The van der Waals surface area contributed by atoms with Gasteiger partial charge in [-0.05, 0) is 52.6 Å². The summed E-state index contributed by atoms with van der Waals surface area (Å²) >= 11 is 0. The molecule has 260 valence electrons. The lowest BCUT2D eigenvalue weighted by Gasteiger charge is -2.38. The topological polar surface area (TPSA) is 134 Å². The summed E-state index contributed by atoms with van der Waals surface area (Å²) in [5.41, 5.74) is 1.37. The van der Waals surface area contributed by atoms with Crippen LogP contribution in [-0.4, -0.2) is 89.3 Å². The molecule has 2 aliphatic carbocycles. The first-order chi connectivity index (χ1) is 23.9. The highest BCUT2D eigenvalue weighted by Gasteiger charge is 2.68. The molecule has 0 spiro atoms. The smallest absolute Gasteiger partial charge is 0.245 e. The molecule has 6 unspecified atom stereocenters. The van der Waals surface area contributed by atoms with Gasteiger partial charge in [-0.25, -0.2) is 0 Å². The number of amides is 3. The van der Waals surface area contributed by atoms with Crippen LogP contribution < -0.4 is 10.2 Å². The van der Waals surface area contributed by atoms with Gasteiger partial charge in [0.15, 0.2) is 5.78 Å². The maximum absolute atomic E-state index is 14.3. The van der Waals surface area contributed by atoms with Gasteiger partial charge in [-0.3, -0.25) is 19.2 Å². The molecule has 7 rings (SSSR count). The summed E-state index contributed by atoms with van der Waals surface area (Å²) in [5, 5.41) is 25.4. The van der Waals surface area contributed by atoms with E-state index < -0.39 is 35.4 Å². The van der Waals surface area contributed by atoms with Gasteiger partial charge in [-0.2, -0.15) is 5.26 Å². The molecule has 10 nitrogen and oxygen atoms in total. The Labute approximate surface area is 293 Å². The minimum absolute atomic E-state index is 0.0278. The van der Waals surface area contributed by atoms with Gasteiger partial charge in [0.1, 0.15) is 24.1 Å². The molecule has 3 aromatic rings. The Hall–Kier alpha value is -4.75. The molecular weight excluding hydrogens is 630 g/mol. The van der Waals surface area contributed by atoms with Crippen LogP contribution >= 0.6 is 0 Å². The van der Waals surface area contributed by atoms with Crippen LogP contribution in [0.25, 0.3) is 10.8 Å². The average Bonchev–Trinajstić information content (AvgIpc) is 3.68. The number of aliphatic hydroxyl groups excluding tert-OH is 1. The van der Waals surface area contributed by atoms with Gasteiger partial charge in [-0.15, -0.1) is 0 Å². The van der Waals surface area contributed by atoms with E-state index in [1.54, 1.807) is 11.0 Å². The van der Waals surface area contributed by atoms with E-state index in [0.717, 1.165) is 34.9 Å². The molecule has 4 fully saturated rings. The summed E-state index contributed by atoms with van der Waals surface area (Å²) in [6.45, 7) is 7.93. The molecule has 0 aromatic heterocycles. The molecule has 2 saturated heterocycles. The highest BCUT2D eigenvalue weighted by atomic mass is 16.3. The Kier molecular flexibility index (Phi) is 8.67. The molecule has 0 radical (unpaired) electrons. The van der Waals surface area contributed by atoms with Crippen molar-refractivity contribution in [1.82, 2.24) is 15.1 Å². The number of ketones is 1. The number of hydrogen-bond acceptors (Lipinski definition) is 7. The lowest BCUT2D eigenvalue weighted by Crippen LogP contribution is -2.58. The molecule has 2 heterocycles. The zero-order chi connectivity index (χ0) is 35.4. The van der Waals surface area contributed by atoms with Crippen LogP contribution in [-0.2, 0) is 25.6 Å². The summed E-state index contributed by atoms with van der Waals surface area (Å²) in [6, 6.07) is 21.7. The number of hydrogen-bond donors (Lipinski definition) is 2. The van der Waals surface area contributed by atoms with E-state index in [4.69, 9.17) is 0 Å². The van der Waals surface area contributed by atoms with Crippen molar-refractivity contribution in [2.45, 2.75) is 64.6 Å². The second kappa shape index (κ2) is 12.9. The summed E-state index contributed by atoms with van der Waals surface area (Å²) in [4.78, 5) is 61.5. The van der Waals surface area contributed by atoms with E-state index in [-0.39, 0.29) is 48.3 Å². The molecule has 6 atom stereocenters. The van der Waals surface area contributed by atoms with E-state index in [2.05, 4.69) is 30.1 Å². The normalized spacial score (nSPS) is 27.7. The van der Waals surface area contributed by atoms with Crippen molar-refractivity contribution in [1.29, 1.82) is 5.26 Å². The quantitative estimate of drug-likeness (QED) is 0.365. The van der Waals surface area contributed by atoms with Gasteiger partial charge >= 0.3 is 0 Å². The number of aliphatic hydroxyl groups is 1. The molecule has 10 heteroatoms. The van der Waals surface area contributed by atoms with Crippen molar-refractivity contribution < 1.29 is 24.3 Å². The van der Waals surface area contributed by atoms with Gasteiger partial charge in [-0.1, -0.05) is 75.4 Å². The molecule has 3 amide bonds. The number of nitrogens with zero attached hydrogens (tertiary/aromatic N) is 4. The maximum Gasteiger partial charge on any atom is 0.245 e. The lowest BCUT2D eigenvalue weighted by molar-refractivity contribution is -0.148. The Morgan fingerprint density at radius 1 is 0.980 bits per heavy atom. The molecular formula is C40H45N5O5. The molecule has 2 saturated carbocycles. The van der Waals surface area contributed by atoms with Gasteiger partial charge in [0, 0.05) is 51.0 Å². The van der Waals surface area contributed by atoms with Crippen LogP contribution in [0.2, 0.25) is 0 Å². The van der Waals surface area contributed by atoms with E-state index in [9.17, 15) is 29.5 Å². The lowest BCUT2D eigenvalue weighted by atomic mass is 9.70. The fraction of sp³-hybridized carbons (Fsp3) is 0.475. The summed E-state index contributed by atoms with van der Waals surface area (Å²) in [6.07, 6.45) is 0.892. The number of β-amino-alcohol motifs (C(OH)–C–C–N with tert-alkyl or cyclic N) is 1. The molecule has 3 aromatic carbocycles. The van der Waals surface area contributed by atoms with Crippen LogP contribution in [0.15, 0.2) is 66.7 Å². The van der Waals surface area contributed by atoms with Crippen LogP contribution in [0, 0.1) is 34.0 Å². The zero-order valence-electron chi connectivity index (χ0n) is 29.0. The zero-order valence-corrected chi connectivity index (χ0v) is 29.0. The number of carbonyl (C=O) groups is 4. The van der Waals surface area contributed by atoms with Crippen LogP contribution in [0.3, 0.4) is 0 Å². The van der Waals surface area contributed by atoms with Crippen LogP contribution in [0.1, 0.15) is 51.2 Å². The summed E-state index contributed by atoms with van der Waals surface area (Å²) < 4.78 is 0. The number of Topliss-reactive ketones (excluding diaryl/α,β-unsaturated/α-hetero) is 1. The first-order valence-corrected chi connectivity index (χ1v) is 17.8. The second-order valence-electron chi connectivity index (χ2n) is 15.3. The minimum atomic E-state index is -0.994. The highest BCUT2D eigenvalue weighted by molar-refractivity contribution is 6.08. The van der Waals surface area contributed by atoms with Gasteiger partial charge < -0.3 is 25.1 Å². The van der Waals surface area contributed by atoms with Gasteiger partial charge in [0.05, 0.1) is 17.4 Å². The van der Waals surface area contributed by atoms with Crippen molar-refractivity contribution in [3.05, 3.63) is 77.9 Å². The third kappa shape index (κ3) is 5.62. The number of nitrogens with one attached hydrogen (secondary N) is 1. The number of nitriles is 1. The van der Waals surface area contributed by atoms with Crippen LogP contribution in [0.4, 0.5) is 5.69 Å². The predicted molar refractivity (Wildman–Crippen MR) is 189 cm³/mol. The Bertz CT molecular complexity index is 1890. The van der Waals surface area contributed by atoms with E-state index in [0.29, 0.717) is 31.7 Å². The number of para-hydroxylation sites is 1. The van der Waals surface area contributed by atoms with E-state index in [1.165, 1.54) is 4.90 Å². The fourth-order valence-corrected chi connectivity index (χ4v) is 9.16. The Morgan fingerprint density at radius 2 is 1.68 bits per heavy atom. The molecule has 2 aliphatic heterocycles. The Morgan fingerprint density at radius 3 is 2.38 bits per heavy atom. The SMILES string of the molecule is CC12CCC(C(C(=O)N3CC(O)CC3C(=O)NC(Cc3ccc4ccccc4c3)C(=O)N3CCN(c4ccccc4C#N)CC3)C1=O)C2(C)C. The number of fused-ring (bicyclic) bond motifs is 3. The Balaban J connectivity index is 1.11. The molecule has 2 bridgehead atoms. The van der Waals surface area contributed by atoms with Crippen molar-refractivity contribution in [2.24, 2.45) is 22.7 Å². The van der Waals surface area contributed by atoms with Crippen molar-refractivity contribution in [3.8, 4) is 6.07 Å². The third-order valence-electron chi connectivity index (χ3n) is 12.5. The van der Waals surface area contributed by atoms with Crippen LogP contribution in [0.5, 0.6) is 0 Å². The highest BCUT2D eigenvalue weighted by Crippen LogP contribution is 2.66. The second-order valence-corrected chi connectivity index (χ2v) is 15.3. The van der Waals surface area contributed by atoms with E-state index in [1.807, 2.05) is 67.6 Å². The standard InChI is InChI=1S/C40H45N5O5/c1-39(2)30-14-15-40(39,3)35(47)34(30)38(50)45-24-29(46)22-33(45)36(48)42-31(21-25-12-13-26-8-4-5-9-27(26)20-25)37(49)44-18-16-43(17-19-44)32-11-7-6-10-28(32)23-41/h4-13,20,29-31,33-34,46H,14-19,21-22,24H2,1-3H3,(H,42,48). The fourth-order valence-electron chi connectivity index (χ4n) is 9.16. The number of rotatable bonds is 7. The van der Waals surface area contributed by atoms with Crippen molar-refractivity contribution >= 4 is 40.0 Å². The summed E-state index contributed by atoms with van der Waals surface area (Å²) in [7, 11) is 0. The summed E-state index contributed by atoms with van der Waals surface area (Å²) in [5.74, 6) is -2.13. The maximum atomic E-state index is 14.3.